The number of hydrogen-bond donors (Lipinski definition) is 2. The predicted molar refractivity (Wildman–Crippen MR) is 155 cm³/mol. The van der Waals surface area contributed by atoms with Crippen LogP contribution in [0.4, 0.5) is 5.69 Å². The highest BCUT2D eigenvalue weighted by Gasteiger charge is 2.35. The van der Waals surface area contributed by atoms with Crippen molar-refractivity contribution in [2.45, 2.75) is 50.7 Å². The lowest BCUT2D eigenvalue weighted by atomic mass is 9.94. The Bertz CT molecular complexity index is 1600. The van der Waals surface area contributed by atoms with Crippen molar-refractivity contribution >= 4 is 34.5 Å². The van der Waals surface area contributed by atoms with Gasteiger partial charge in [-0.25, -0.2) is 9.48 Å². The van der Waals surface area contributed by atoms with Crippen LogP contribution in [0.15, 0.2) is 66.7 Å². The van der Waals surface area contributed by atoms with Gasteiger partial charge in [-0.05, 0) is 60.9 Å². The average Bonchev–Trinajstić information content (AvgIpc) is 3.42. The SMILES string of the molecule is COC(=O)c1cccc(N(C(=O)Cn2nnc3ccccc32)C(C(=O)NC2CCCCC2)c2ccc(OC)c(O)c2)c1. The van der Waals surface area contributed by atoms with Crippen LogP contribution in [0.2, 0.25) is 0 Å². The van der Waals surface area contributed by atoms with Gasteiger partial charge in [-0.2, -0.15) is 0 Å². The first kappa shape index (κ1) is 28.6. The van der Waals surface area contributed by atoms with Gasteiger partial charge in [-0.1, -0.05) is 48.7 Å². The van der Waals surface area contributed by atoms with Gasteiger partial charge in [0.15, 0.2) is 11.5 Å². The molecule has 1 aromatic heterocycles. The lowest BCUT2D eigenvalue weighted by molar-refractivity contribution is -0.127. The molecule has 1 aliphatic rings. The van der Waals surface area contributed by atoms with E-state index in [-0.39, 0.29) is 29.6 Å². The number of para-hydroxylation sites is 1. The minimum atomic E-state index is -1.20. The summed E-state index contributed by atoms with van der Waals surface area (Å²) >= 11 is 0. The van der Waals surface area contributed by atoms with Crippen LogP contribution in [0, 0.1) is 0 Å². The Morgan fingerprint density at radius 3 is 2.55 bits per heavy atom. The zero-order valence-electron chi connectivity index (χ0n) is 23.5. The van der Waals surface area contributed by atoms with Gasteiger partial charge in [0.05, 0.1) is 25.3 Å². The van der Waals surface area contributed by atoms with Crippen LogP contribution in [0.1, 0.15) is 54.1 Å². The molecule has 0 bridgehead atoms. The summed E-state index contributed by atoms with van der Waals surface area (Å²) in [4.78, 5) is 42.2. The van der Waals surface area contributed by atoms with Crippen LogP contribution in [-0.4, -0.2) is 58.1 Å². The third kappa shape index (κ3) is 6.04. The van der Waals surface area contributed by atoms with E-state index in [0.29, 0.717) is 22.3 Å². The van der Waals surface area contributed by atoms with Gasteiger partial charge in [0, 0.05) is 11.7 Å². The molecule has 2 amide bonds. The number of methoxy groups -OCH3 is 2. The van der Waals surface area contributed by atoms with Crippen molar-refractivity contribution in [1.29, 1.82) is 0 Å². The van der Waals surface area contributed by atoms with Crippen molar-refractivity contribution in [2.24, 2.45) is 0 Å². The van der Waals surface area contributed by atoms with E-state index in [0.717, 1.165) is 32.1 Å². The summed E-state index contributed by atoms with van der Waals surface area (Å²) in [5.41, 5.74) is 2.15. The van der Waals surface area contributed by atoms with Crippen molar-refractivity contribution in [1.82, 2.24) is 20.3 Å². The quantitative estimate of drug-likeness (QED) is 0.286. The van der Waals surface area contributed by atoms with E-state index < -0.39 is 23.8 Å². The van der Waals surface area contributed by atoms with Crippen molar-refractivity contribution in [3.8, 4) is 11.5 Å². The van der Waals surface area contributed by atoms with Gasteiger partial charge in [-0.15, -0.1) is 5.10 Å². The second-order valence-corrected chi connectivity index (χ2v) is 10.2. The Kier molecular flexibility index (Phi) is 8.66. The number of fused-ring (bicyclic) bond motifs is 1. The Morgan fingerprint density at radius 1 is 1.02 bits per heavy atom. The number of nitrogens with zero attached hydrogens (tertiary/aromatic N) is 4. The minimum Gasteiger partial charge on any atom is -0.504 e. The molecule has 1 aliphatic carbocycles. The number of carbonyl (C=O) groups is 3. The Labute approximate surface area is 243 Å². The predicted octanol–water partition coefficient (Wildman–Crippen LogP) is 4.16. The third-order valence-corrected chi connectivity index (χ3v) is 7.50. The molecule has 5 rings (SSSR count). The maximum absolute atomic E-state index is 14.3. The number of esters is 1. The van der Waals surface area contributed by atoms with Gasteiger partial charge >= 0.3 is 5.97 Å². The number of aromatic hydroxyl groups is 1. The first-order chi connectivity index (χ1) is 20.4. The highest BCUT2D eigenvalue weighted by molar-refractivity contribution is 6.02. The van der Waals surface area contributed by atoms with E-state index in [1.165, 1.54) is 35.9 Å². The Balaban J connectivity index is 1.62. The summed E-state index contributed by atoms with van der Waals surface area (Å²) in [7, 11) is 2.70. The fourth-order valence-corrected chi connectivity index (χ4v) is 5.40. The number of phenolic OH excluding ortho intramolecular Hbond substituents is 1. The van der Waals surface area contributed by atoms with E-state index in [2.05, 4.69) is 15.6 Å². The molecule has 0 radical (unpaired) electrons. The van der Waals surface area contributed by atoms with Crippen molar-refractivity contribution in [2.75, 3.05) is 19.1 Å². The van der Waals surface area contributed by atoms with Gasteiger partial charge in [0.25, 0.3) is 0 Å². The highest BCUT2D eigenvalue weighted by Crippen LogP contribution is 2.35. The number of amides is 2. The molecule has 42 heavy (non-hydrogen) atoms. The van der Waals surface area contributed by atoms with Crippen LogP contribution in [0.25, 0.3) is 11.0 Å². The molecular formula is C31H33N5O6. The fraction of sp³-hybridized carbons (Fsp3) is 0.323. The molecule has 1 unspecified atom stereocenters. The number of nitrogens with one attached hydrogen (secondary N) is 1. The summed E-state index contributed by atoms with van der Waals surface area (Å²) in [6, 6.07) is 17.0. The van der Waals surface area contributed by atoms with Gasteiger partial charge in [0.1, 0.15) is 18.1 Å². The van der Waals surface area contributed by atoms with Crippen LogP contribution < -0.4 is 15.0 Å². The lowest BCUT2D eigenvalue weighted by Crippen LogP contribution is -2.48. The smallest absolute Gasteiger partial charge is 0.337 e. The first-order valence-corrected chi connectivity index (χ1v) is 13.9. The van der Waals surface area contributed by atoms with E-state index in [1.807, 2.05) is 12.1 Å². The molecule has 1 fully saturated rings. The van der Waals surface area contributed by atoms with E-state index in [9.17, 15) is 19.5 Å². The number of carbonyl (C=O) groups excluding carboxylic acids is 3. The molecule has 1 heterocycles. The second kappa shape index (κ2) is 12.7. The van der Waals surface area contributed by atoms with E-state index in [1.54, 1.807) is 42.5 Å². The molecule has 0 saturated heterocycles. The molecular weight excluding hydrogens is 538 g/mol. The Hall–Kier alpha value is -4.93. The first-order valence-electron chi connectivity index (χ1n) is 13.9. The van der Waals surface area contributed by atoms with Crippen LogP contribution >= 0.6 is 0 Å². The molecule has 218 valence electrons. The van der Waals surface area contributed by atoms with Crippen LogP contribution in [0.3, 0.4) is 0 Å². The van der Waals surface area contributed by atoms with Gasteiger partial charge in [0.2, 0.25) is 11.8 Å². The number of phenols is 1. The van der Waals surface area contributed by atoms with Crippen molar-refractivity contribution in [3.63, 3.8) is 0 Å². The largest absolute Gasteiger partial charge is 0.504 e. The van der Waals surface area contributed by atoms with Gasteiger partial charge < -0.3 is 19.9 Å². The van der Waals surface area contributed by atoms with Crippen molar-refractivity contribution < 1.29 is 29.0 Å². The van der Waals surface area contributed by atoms with E-state index >= 15 is 0 Å². The Morgan fingerprint density at radius 2 is 1.81 bits per heavy atom. The molecule has 11 nitrogen and oxygen atoms in total. The normalized spacial score (nSPS) is 14.2. The highest BCUT2D eigenvalue weighted by atomic mass is 16.5. The summed E-state index contributed by atoms with van der Waals surface area (Å²) in [6.07, 6.45) is 4.79. The standard InChI is InChI=1S/C31H33N5O6/c1-41-27-16-15-20(18-26(27)37)29(30(39)32-22-10-4-3-5-11-22)36(23-12-8-9-21(17-23)31(40)42-2)28(38)19-35-25-14-7-6-13-24(25)33-34-35/h6-9,12-18,22,29,37H,3-5,10-11,19H2,1-2H3,(H,32,39). The molecule has 1 saturated carbocycles. The number of ether oxygens (including phenoxy) is 2. The topological polar surface area (TPSA) is 136 Å². The van der Waals surface area contributed by atoms with Crippen LogP contribution in [-0.2, 0) is 20.9 Å². The summed E-state index contributed by atoms with van der Waals surface area (Å²) in [5.74, 6) is -1.43. The molecule has 3 aromatic carbocycles. The average molecular weight is 572 g/mol. The zero-order chi connectivity index (χ0) is 29.6. The number of anilines is 1. The molecule has 4 aromatic rings. The molecule has 0 spiro atoms. The summed E-state index contributed by atoms with van der Waals surface area (Å²) in [6.45, 7) is -0.238. The fourth-order valence-electron chi connectivity index (χ4n) is 5.40. The summed E-state index contributed by atoms with van der Waals surface area (Å²) in [5, 5.41) is 22.1. The number of benzene rings is 3. The maximum atomic E-state index is 14.3. The number of rotatable bonds is 9. The second-order valence-electron chi connectivity index (χ2n) is 10.2. The molecule has 11 heteroatoms. The minimum absolute atomic E-state index is 0.0433. The van der Waals surface area contributed by atoms with Crippen LogP contribution in [0.5, 0.6) is 11.5 Å². The lowest BCUT2D eigenvalue weighted by Gasteiger charge is -2.33. The molecule has 0 aliphatic heterocycles. The number of hydrogen-bond acceptors (Lipinski definition) is 8. The van der Waals surface area contributed by atoms with Crippen molar-refractivity contribution in [3.05, 3.63) is 77.9 Å². The van der Waals surface area contributed by atoms with Gasteiger partial charge in [-0.3, -0.25) is 14.5 Å². The zero-order valence-corrected chi connectivity index (χ0v) is 23.5. The third-order valence-electron chi connectivity index (χ3n) is 7.50. The van der Waals surface area contributed by atoms with E-state index in [4.69, 9.17) is 9.47 Å². The monoisotopic (exact) mass is 571 g/mol. The summed E-state index contributed by atoms with van der Waals surface area (Å²) < 4.78 is 11.6. The number of aromatic nitrogens is 3. The molecule has 2 N–H and O–H groups in total. The maximum Gasteiger partial charge on any atom is 0.337 e. The molecule has 1 atom stereocenters.